The summed E-state index contributed by atoms with van der Waals surface area (Å²) in [6.07, 6.45) is -0.190. The van der Waals surface area contributed by atoms with E-state index in [1.807, 2.05) is 6.92 Å². The molecule has 10 heteroatoms. The van der Waals surface area contributed by atoms with Gasteiger partial charge in [-0.05, 0) is 13.3 Å². The van der Waals surface area contributed by atoms with Gasteiger partial charge in [0, 0.05) is 36.7 Å². The van der Waals surface area contributed by atoms with E-state index in [4.69, 9.17) is 0 Å². The first-order chi connectivity index (χ1) is 12.1. The molecule has 3 N–H and O–H groups in total. The average molecular weight is 407 g/mol. The second kappa shape index (κ2) is 8.42. The zero-order chi connectivity index (χ0) is 19.3. The number of carboxylic acid groups (broad SMARTS) is 1. The molecule has 0 saturated carbocycles. The number of carboxylic acids is 1. The molecule has 0 radical (unpaired) electrons. The fraction of sp³-hybridized carbons (Fsp3) is 0.706. The average Bonchev–Trinajstić information content (AvgIpc) is 3.09. The molecule has 2 amide bonds. The molecular weight excluding hydrogens is 381 g/mol. The predicted molar refractivity (Wildman–Crippen MR) is 103 cm³/mol. The third kappa shape index (κ3) is 3.82. The quantitative estimate of drug-likeness (QED) is 0.398. The van der Waals surface area contributed by atoms with Crippen molar-refractivity contribution in [2.75, 3.05) is 20.6 Å². The molecule has 3 aliphatic heterocycles. The number of β-lactam (4-membered cyclic amide) rings is 1. The first-order valence-corrected chi connectivity index (χ1v) is 9.62. The van der Waals surface area contributed by atoms with Crippen LogP contribution in [0.3, 0.4) is 0 Å². The first-order valence-electron chi connectivity index (χ1n) is 8.75. The molecule has 0 aromatic carbocycles. The second-order valence-corrected chi connectivity index (χ2v) is 8.78. The molecule has 2 saturated heterocycles. The maximum absolute atomic E-state index is 12.3. The van der Waals surface area contributed by atoms with Crippen LogP contribution in [0.5, 0.6) is 0 Å². The van der Waals surface area contributed by atoms with Gasteiger partial charge in [0.2, 0.25) is 11.8 Å². The number of nitrogens with one attached hydrogen (secondary N) is 1. The van der Waals surface area contributed by atoms with E-state index in [0.717, 1.165) is 0 Å². The van der Waals surface area contributed by atoms with Crippen molar-refractivity contribution < 1.29 is 24.6 Å². The topological polar surface area (TPSA) is 110 Å². The number of likely N-dealkylation sites (N-methyl/N-ethyl adjacent to an activating group) is 1. The van der Waals surface area contributed by atoms with Gasteiger partial charge in [-0.25, -0.2) is 4.79 Å². The molecule has 0 bridgehead atoms. The monoisotopic (exact) mass is 407 g/mol. The van der Waals surface area contributed by atoms with Gasteiger partial charge in [0.05, 0.1) is 24.1 Å². The van der Waals surface area contributed by atoms with Crippen LogP contribution in [0, 0.1) is 11.8 Å². The molecule has 0 spiro atoms. The molecule has 0 aliphatic carbocycles. The first kappa shape index (κ1) is 22.7. The molecule has 3 rings (SSSR count). The van der Waals surface area contributed by atoms with Gasteiger partial charge in [0.25, 0.3) is 0 Å². The molecule has 0 unspecified atom stereocenters. The Morgan fingerprint density at radius 2 is 2.00 bits per heavy atom. The normalized spacial score (nSPS) is 33.3. The number of aliphatic carboxylic acids is 1. The van der Waals surface area contributed by atoms with Crippen LogP contribution in [0.25, 0.3) is 0 Å². The predicted octanol–water partition coefficient (Wildman–Crippen LogP) is -0.956. The van der Waals surface area contributed by atoms with E-state index in [1.54, 1.807) is 25.9 Å². The summed E-state index contributed by atoms with van der Waals surface area (Å²) in [5.74, 6) is -2.14. The van der Waals surface area contributed by atoms with Gasteiger partial charge < -0.3 is 25.3 Å². The molecular formula is C17H26N3NaO5S. The number of amides is 2. The summed E-state index contributed by atoms with van der Waals surface area (Å²) in [6.45, 7) is 4.08. The summed E-state index contributed by atoms with van der Waals surface area (Å²) in [5, 5.41) is 22.8. The SMILES string of the molecule is C[C@@H](O)[C@H]1C(=O)N2C(C(=O)O)=C(S[C@@H]3CN[C@H](C(=O)N(C)C)C3)[C@H](C)[C@H]12.[NaH]. The third-order valence-corrected chi connectivity index (χ3v) is 6.95. The van der Waals surface area contributed by atoms with Gasteiger partial charge in [0.15, 0.2) is 0 Å². The Kier molecular flexibility index (Phi) is 7.08. The van der Waals surface area contributed by atoms with Crippen LogP contribution in [0.15, 0.2) is 10.6 Å². The van der Waals surface area contributed by atoms with Crippen molar-refractivity contribution in [2.24, 2.45) is 11.8 Å². The van der Waals surface area contributed by atoms with Crippen molar-refractivity contribution in [1.82, 2.24) is 15.1 Å². The summed E-state index contributed by atoms with van der Waals surface area (Å²) in [6, 6.07) is -0.568. The zero-order valence-corrected chi connectivity index (χ0v) is 16.1. The van der Waals surface area contributed by atoms with Crippen LogP contribution < -0.4 is 5.32 Å². The third-order valence-electron chi connectivity index (χ3n) is 5.43. The zero-order valence-electron chi connectivity index (χ0n) is 15.3. The van der Waals surface area contributed by atoms with Crippen LogP contribution in [0.2, 0.25) is 0 Å². The van der Waals surface area contributed by atoms with E-state index in [0.29, 0.717) is 17.9 Å². The van der Waals surface area contributed by atoms with Crippen LogP contribution in [-0.4, -0.2) is 111 Å². The Bertz CT molecular complexity index is 683. The summed E-state index contributed by atoms with van der Waals surface area (Å²) in [5.41, 5.74) is 0.0387. The Balaban J connectivity index is 0.00000261. The van der Waals surface area contributed by atoms with Gasteiger partial charge >= 0.3 is 35.5 Å². The maximum atomic E-state index is 12.3. The molecule has 3 heterocycles. The number of fused-ring (bicyclic) bond motifs is 1. The van der Waals surface area contributed by atoms with Crippen LogP contribution in [0.1, 0.15) is 20.3 Å². The molecule has 0 aromatic heterocycles. The van der Waals surface area contributed by atoms with Gasteiger partial charge in [0.1, 0.15) is 5.70 Å². The number of thioether (sulfide) groups is 1. The van der Waals surface area contributed by atoms with Crippen molar-refractivity contribution >= 4 is 59.1 Å². The van der Waals surface area contributed by atoms with Gasteiger partial charge in [-0.2, -0.15) is 0 Å². The molecule has 8 nitrogen and oxygen atoms in total. The summed E-state index contributed by atoms with van der Waals surface area (Å²) < 4.78 is 0. The second-order valence-electron chi connectivity index (χ2n) is 7.44. The van der Waals surface area contributed by atoms with E-state index in [1.165, 1.54) is 16.7 Å². The van der Waals surface area contributed by atoms with E-state index in [-0.39, 0.29) is 70.3 Å². The van der Waals surface area contributed by atoms with Crippen LogP contribution in [0.4, 0.5) is 0 Å². The molecule has 146 valence electrons. The Morgan fingerprint density at radius 1 is 1.37 bits per heavy atom. The van der Waals surface area contributed by atoms with Gasteiger partial charge in [-0.1, -0.05) is 6.92 Å². The Morgan fingerprint density at radius 3 is 2.52 bits per heavy atom. The number of carbonyl (C=O) groups is 3. The molecule has 27 heavy (non-hydrogen) atoms. The minimum atomic E-state index is -1.12. The summed E-state index contributed by atoms with van der Waals surface area (Å²) in [7, 11) is 3.42. The van der Waals surface area contributed by atoms with Gasteiger partial charge in [-0.15, -0.1) is 11.8 Å². The number of rotatable bonds is 5. The van der Waals surface area contributed by atoms with Gasteiger partial charge in [-0.3, -0.25) is 9.59 Å². The van der Waals surface area contributed by atoms with E-state index >= 15 is 0 Å². The van der Waals surface area contributed by atoms with E-state index in [9.17, 15) is 24.6 Å². The van der Waals surface area contributed by atoms with Crippen molar-refractivity contribution in [3.05, 3.63) is 10.6 Å². The minimum absolute atomic E-state index is 0. The van der Waals surface area contributed by atoms with E-state index in [2.05, 4.69) is 5.32 Å². The molecule has 2 fully saturated rings. The number of hydrogen-bond donors (Lipinski definition) is 3. The number of nitrogens with zero attached hydrogens (tertiary/aromatic N) is 2. The Labute approximate surface area is 185 Å². The molecule has 3 aliphatic rings. The van der Waals surface area contributed by atoms with Crippen molar-refractivity contribution in [3.63, 3.8) is 0 Å². The fourth-order valence-electron chi connectivity index (χ4n) is 4.15. The molecule has 6 atom stereocenters. The van der Waals surface area contributed by atoms with E-state index < -0.39 is 18.0 Å². The summed E-state index contributed by atoms with van der Waals surface area (Å²) in [4.78, 5) is 39.8. The number of hydrogen-bond acceptors (Lipinski definition) is 6. The fourth-order valence-corrected chi connectivity index (χ4v) is 5.63. The van der Waals surface area contributed by atoms with Crippen molar-refractivity contribution in [3.8, 4) is 0 Å². The van der Waals surface area contributed by atoms with Crippen LogP contribution in [-0.2, 0) is 14.4 Å². The molecule has 0 aromatic rings. The number of carbonyl (C=O) groups excluding carboxylic acids is 2. The van der Waals surface area contributed by atoms with Crippen molar-refractivity contribution in [1.29, 1.82) is 0 Å². The summed E-state index contributed by atoms with van der Waals surface area (Å²) >= 11 is 1.45. The standard InChI is InChI=1S/C17H25N3O5S.Na.H/c1-7-12-11(8(2)21)16(23)20(12)13(17(24)25)14(7)26-9-5-10(18-6-9)15(22)19(3)4;;/h7-12,18,21H,5-6H2,1-4H3,(H,24,25);;/t7-,8-,9+,10+,11-,12-;;/m1../s1. The Hall–Kier alpha value is -0.580. The number of aliphatic hydroxyl groups excluding tert-OH is 1. The van der Waals surface area contributed by atoms with Crippen molar-refractivity contribution in [2.45, 2.75) is 43.7 Å². The number of aliphatic hydroxyl groups is 1. The van der Waals surface area contributed by atoms with Crippen LogP contribution >= 0.6 is 11.8 Å².